The third-order valence-corrected chi connectivity index (χ3v) is 9.40. The summed E-state index contributed by atoms with van der Waals surface area (Å²) >= 11 is 4.41. The van der Waals surface area contributed by atoms with E-state index in [9.17, 15) is 8.42 Å². The van der Waals surface area contributed by atoms with Crippen LogP contribution in [0.15, 0.2) is 105 Å². The Bertz CT molecular complexity index is 1790. The molecular formula is C26H18N4O3S4. The lowest BCUT2D eigenvalue weighted by Gasteiger charge is -2.10. The number of ether oxygens (including phenoxy) is 1. The second-order valence-electron chi connectivity index (χ2n) is 8.01. The van der Waals surface area contributed by atoms with Gasteiger partial charge in [0.2, 0.25) is 5.16 Å². The molecule has 0 atom stereocenters. The molecule has 6 aromatic rings. The van der Waals surface area contributed by atoms with E-state index in [0.29, 0.717) is 5.16 Å². The average molecular weight is 563 g/mol. The highest BCUT2D eigenvalue weighted by molar-refractivity contribution is 8.01. The van der Waals surface area contributed by atoms with Gasteiger partial charge in [0.15, 0.2) is 20.0 Å². The van der Waals surface area contributed by atoms with E-state index in [2.05, 4.69) is 15.2 Å². The van der Waals surface area contributed by atoms with Crippen molar-refractivity contribution < 1.29 is 13.2 Å². The Morgan fingerprint density at radius 2 is 1.68 bits per heavy atom. The minimum Gasteiger partial charge on any atom is -0.457 e. The molecule has 0 unspecified atom stereocenters. The molecule has 0 fully saturated rings. The number of benzene rings is 3. The van der Waals surface area contributed by atoms with Crippen LogP contribution in [0.5, 0.6) is 11.5 Å². The molecule has 0 N–H and O–H groups in total. The van der Waals surface area contributed by atoms with E-state index < -0.39 is 9.84 Å². The fourth-order valence-corrected chi connectivity index (χ4v) is 7.14. The largest absolute Gasteiger partial charge is 0.457 e. The van der Waals surface area contributed by atoms with E-state index in [0.717, 1.165) is 42.4 Å². The number of fused-ring (bicyclic) bond motifs is 1. The normalized spacial score (nSPS) is 11.7. The minimum atomic E-state index is -3.30. The molecule has 0 bridgehead atoms. The van der Waals surface area contributed by atoms with E-state index in [1.807, 2.05) is 76.7 Å². The fraction of sp³-hybridized carbons (Fsp3) is 0.0385. The zero-order chi connectivity index (χ0) is 25.4. The van der Waals surface area contributed by atoms with Crippen molar-refractivity contribution in [3.05, 3.63) is 90.3 Å². The van der Waals surface area contributed by atoms with Gasteiger partial charge >= 0.3 is 0 Å². The third-order valence-electron chi connectivity index (χ3n) is 5.40. The van der Waals surface area contributed by atoms with E-state index >= 15 is 0 Å². The molecule has 0 saturated heterocycles. The molecule has 3 aromatic carbocycles. The van der Waals surface area contributed by atoms with Gasteiger partial charge in [0.25, 0.3) is 0 Å². The molecule has 0 saturated carbocycles. The van der Waals surface area contributed by atoms with Crippen molar-refractivity contribution in [3.8, 4) is 27.9 Å². The highest BCUT2D eigenvalue weighted by Crippen LogP contribution is 2.38. The SMILES string of the molecule is CS(=O)(=O)c1ccc2nc(Sc3nnc(-c4cccs4)n3-c3ccc(Oc4ccccc4)cc3)sc2c1. The van der Waals surface area contributed by atoms with Crippen molar-refractivity contribution in [2.24, 2.45) is 0 Å². The molecule has 0 aliphatic heterocycles. The van der Waals surface area contributed by atoms with Crippen molar-refractivity contribution in [1.29, 1.82) is 0 Å². The summed E-state index contributed by atoms with van der Waals surface area (Å²) in [4.78, 5) is 5.96. The van der Waals surface area contributed by atoms with Crippen LogP contribution in [0.2, 0.25) is 0 Å². The Hall–Kier alpha value is -3.51. The number of thiophene rings is 1. The predicted octanol–water partition coefficient (Wildman–Crippen LogP) is 6.95. The highest BCUT2D eigenvalue weighted by atomic mass is 32.2. The van der Waals surface area contributed by atoms with Crippen LogP contribution in [0.1, 0.15) is 0 Å². The number of hydrogen-bond donors (Lipinski definition) is 0. The maximum Gasteiger partial charge on any atom is 0.203 e. The van der Waals surface area contributed by atoms with Crippen LogP contribution in [0.4, 0.5) is 0 Å². The van der Waals surface area contributed by atoms with E-state index in [4.69, 9.17) is 4.74 Å². The summed E-state index contributed by atoms with van der Waals surface area (Å²) in [6, 6.07) is 26.4. The molecule has 0 aliphatic rings. The van der Waals surface area contributed by atoms with Gasteiger partial charge < -0.3 is 4.74 Å². The average Bonchev–Trinajstić information content (AvgIpc) is 3.64. The molecule has 0 aliphatic carbocycles. The standard InChI is InChI=1S/C26H18N4O3S4/c1-37(31,32)20-13-14-21-23(16-20)35-26(27-21)36-25-29-28-24(22-8-5-15-34-22)30(25)17-9-11-19(12-10-17)33-18-6-3-2-4-7-18/h2-16H,1H3. The van der Waals surface area contributed by atoms with Crippen molar-refractivity contribution in [2.75, 3.05) is 6.26 Å². The monoisotopic (exact) mass is 562 g/mol. The molecule has 184 valence electrons. The highest BCUT2D eigenvalue weighted by Gasteiger charge is 2.20. The van der Waals surface area contributed by atoms with E-state index in [1.165, 1.54) is 29.4 Å². The fourth-order valence-electron chi connectivity index (χ4n) is 3.66. The van der Waals surface area contributed by atoms with Gasteiger partial charge in [-0.2, -0.15) is 0 Å². The number of aromatic nitrogens is 4. The molecule has 0 spiro atoms. The zero-order valence-corrected chi connectivity index (χ0v) is 22.6. The lowest BCUT2D eigenvalue weighted by molar-refractivity contribution is 0.482. The quantitative estimate of drug-likeness (QED) is 0.208. The van der Waals surface area contributed by atoms with Crippen molar-refractivity contribution in [1.82, 2.24) is 19.7 Å². The topological polar surface area (TPSA) is 87.0 Å². The van der Waals surface area contributed by atoms with Crippen molar-refractivity contribution in [2.45, 2.75) is 14.4 Å². The van der Waals surface area contributed by atoms with Crippen LogP contribution in [-0.2, 0) is 9.84 Å². The summed E-state index contributed by atoms with van der Waals surface area (Å²) in [6.07, 6.45) is 1.20. The molecular weight excluding hydrogens is 545 g/mol. The van der Waals surface area contributed by atoms with Crippen LogP contribution in [0.25, 0.3) is 26.6 Å². The minimum absolute atomic E-state index is 0.279. The third kappa shape index (κ3) is 5.03. The number of hydrogen-bond acceptors (Lipinski definition) is 9. The molecule has 3 aromatic heterocycles. The second-order valence-corrected chi connectivity index (χ2v) is 13.2. The summed E-state index contributed by atoms with van der Waals surface area (Å²) < 4.78 is 33.4. The van der Waals surface area contributed by atoms with Crippen LogP contribution >= 0.6 is 34.4 Å². The Labute approximate surface area is 225 Å². The Kier molecular flexibility index (Phi) is 6.29. The van der Waals surface area contributed by atoms with Gasteiger partial charge in [-0.15, -0.1) is 32.9 Å². The summed E-state index contributed by atoms with van der Waals surface area (Å²) in [7, 11) is -3.30. The van der Waals surface area contributed by atoms with Gasteiger partial charge in [0, 0.05) is 6.26 Å². The van der Waals surface area contributed by atoms with Crippen LogP contribution in [0.3, 0.4) is 0 Å². The summed E-state index contributed by atoms with van der Waals surface area (Å²) in [5.41, 5.74) is 1.63. The molecule has 11 heteroatoms. The molecule has 6 rings (SSSR count). The Balaban J connectivity index is 1.36. The first kappa shape index (κ1) is 23.9. The van der Waals surface area contributed by atoms with Gasteiger partial charge in [0.05, 0.1) is 25.7 Å². The van der Waals surface area contributed by atoms with Crippen molar-refractivity contribution in [3.63, 3.8) is 0 Å². The van der Waals surface area contributed by atoms with Gasteiger partial charge in [-0.05, 0) is 77.8 Å². The van der Waals surface area contributed by atoms with Gasteiger partial charge in [-0.3, -0.25) is 4.57 Å². The summed E-state index contributed by atoms with van der Waals surface area (Å²) in [6.45, 7) is 0. The Morgan fingerprint density at radius 1 is 0.892 bits per heavy atom. The van der Waals surface area contributed by atoms with Crippen LogP contribution < -0.4 is 4.74 Å². The van der Waals surface area contributed by atoms with Crippen LogP contribution in [-0.4, -0.2) is 34.4 Å². The summed E-state index contributed by atoms with van der Waals surface area (Å²) in [5, 5.41) is 11.6. The van der Waals surface area contributed by atoms with E-state index in [1.54, 1.807) is 29.5 Å². The number of nitrogens with zero attached hydrogens (tertiary/aromatic N) is 4. The van der Waals surface area contributed by atoms with Gasteiger partial charge in [0.1, 0.15) is 11.5 Å². The molecule has 3 heterocycles. The molecule has 7 nitrogen and oxygen atoms in total. The number of sulfone groups is 1. The van der Waals surface area contributed by atoms with E-state index in [-0.39, 0.29) is 4.90 Å². The number of para-hydroxylation sites is 1. The van der Waals surface area contributed by atoms with Gasteiger partial charge in [-0.1, -0.05) is 24.3 Å². The first-order valence-corrected chi connectivity index (χ1v) is 15.5. The second kappa shape index (κ2) is 9.75. The predicted molar refractivity (Wildman–Crippen MR) is 148 cm³/mol. The maximum absolute atomic E-state index is 12.0. The smallest absolute Gasteiger partial charge is 0.203 e. The lowest BCUT2D eigenvalue weighted by atomic mass is 10.3. The number of rotatable bonds is 7. The molecule has 37 heavy (non-hydrogen) atoms. The molecule has 0 amide bonds. The molecule has 0 radical (unpaired) electrons. The first-order valence-electron chi connectivity index (χ1n) is 11.1. The zero-order valence-electron chi connectivity index (χ0n) is 19.3. The number of thiazole rings is 1. The Morgan fingerprint density at radius 3 is 2.41 bits per heavy atom. The van der Waals surface area contributed by atoms with Crippen LogP contribution in [0, 0.1) is 0 Å². The van der Waals surface area contributed by atoms with Gasteiger partial charge in [-0.25, -0.2) is 13.4 Å². The lowest BCUT2D eigenvalue weighted by Crippen LogP contribution is -1.99. The van der Waals surface area contributed by atoms with Crippen molar-refractivity contribution >= 4 is 54.5 Å². The maximum atomic E-state index is 12.0. The first-order chi connectivity index (χ1) is 17.9. The summed E-state index contributed by atoms with van der Waals surface area (Å²) in [5.74, 6) is 2.22.